The van der Waals surface area contributed by atoms with Crippen molar-refractivity contribution < 1.29 is 14.3 Å². The Labute approximate surface area is 109 Å². The molecule has 1 unspecified atom stereocenters. The van der Waals surface area contributed by atoms with Gasteiger partial charge in [-0.25, -0.2) is 0 Å². The Morgan fingerprint density at radius 3 is 2.50 bits per heavy atom. The highest BCUT2D eigenvalue weighted by Gasteiger charge is 2.42. The first-order chi connectivity index (χ1) is 8.46. The van der Waals surface area contributed by atoms with Gasteiger partial charge in [-0.05, 0) is 39.7 Å². The van der Waals surface area contributed by atoms with E-state index < -0.39 is 5.54 Å². The van der Waals surface area contributed by atoms with Crippen LogP contribution in [0.3, 0.4) is 0 Å². The Kier molecular flexibility index (Phi) is 5.14. The molecule has 0 aromatic heterocycles. The van der Waals surface area contributed by atoms with Crippen molar-refractivity contribution in [2.24, 2.45) is 0 Å². The molecule has 1 aliphatic rings. The lowest BCUT2D eigenvalue weighted by Gasteiger charge is -2.35. The summed E-state index contributed by atoms with van der Waals surface area (Å²) < 4.78 is 4.66. The summed E-state index contributed by atoms with van der Waals surface area (Å²) in [6.45, 7) is 6.73. The molecule has 1 saturated heterocycles. The van der Waals surface area contributed by atoms with Crippen molar-refractivity contribution in [3.63, 3.8) is 0 Å². The molecule has 0 aromatic carbocycles. The summed E-state index contributed by atoms with van der Waals surface area (Å²) in [4.78, 5) is 25.7. The second-order valence-corrected chi connectivity index (χ2v) is 5.07. The average Bonchev–Trinajstić information content (AvgIpc) is 2.84. The minimum absolute atomic E-state index is 0.0116. The fourth-order valence-corrected chi connectivity index (χ4v) is 2.41. The van der Waals surface area contributed by atoms with Gasteiger partial charge in [0.25, 0.3) is 0 Å². The van der Waals surface area contributed by atoms with Crippen LogP contribution >= 0.6 is 0 Å². The van der Waals surface area contributed by atoms with Gasteiger partial charge in [-0.15, -0.1) is 0 Å². The second kappa shape index (κ2) is 6.18. The van der Waals surface area contributed by atoms with E-state index in [0.717, 1.165) is 25.8 Å². The maximum atomic E-state index is 12.6. The Hall–Kier alpha value is -1.10. The molecule has 1 heterocycles. The molecule has 1 rings (SSSR count). The zero-order valence-electron chi connectivity index (χ0n) is 11.8. The zero-order chi connectivity index (χ0) is 13.8. The first-order valence-electron chi connectivity index (χ1n) is 6.59. The van der Waals surface area contributed by atoms with Gasteiger partial charge in [0.15, 0.2) is 0 Å². The van der Waals surface area contributed by atoms with E-state index >= 15 is 0 Å². The standard InChI is InChI=1S/C13H24N2O3/c1-5-13(7-6-8-14-13)12(17)15(10(2)3)9-11(16)18-4/h10,14H,5-9H2,1-4H3. The van der Waals surface area contributed by atoms with Gasteiger partial charge in [0.2, 0.25) is 5.91 Å². The minimum atomic E-state index is -0.488. The van der Waals surface area contributed by atoms with E-state index in [9.17, 15) is 9.59 Å². The summed E-state index contributed by atoms with van der Waals surface area (Å²) in [6.07, 6.45) is 2.59. The lowest BCUT2D eigenvalue weighted by Crippen LogP contribution is -2.57. The number of carbonyl (C=O) groups is 2. The van der Waals surface area contributed by atoms with Crippen LogP contribution in [0.2, 0.25) is 0 Å². The summed E-state index contributed by atoms with van der Waals surface area (Å²) in [7, 11) is 1.34. The molecule has 104 valence electrons. The Balaban J connectivity index is 2.84. The first-order valence-corrected chi connectivity index (χ1v) is 6.59. The number of nitrogens with one attached hydrogen (secondary N) is 1. The van der Waals surface area contributed by atoms with Crippen molar-refractivity contribution >= 4 is 11.9 Å². The second-order valence-electron chi connectivity index (χ2n) is 5.07. The normalized spacial score (nSPS) is 23.2. The van der Waals surface area contributed by atoms with Crippen LogP contribution in [0.15, 0.2) is 0 Å². The lowest BCUT2D eigenvalue weighted by molar-refractivity contribution is -0.151. The van der Waals surface area contributed by atoms with Gasteiger partial charge in [0, 0.05) is 6.04 Å². The van der Waals surface area contributed by atoms with Gasteiger partial charge >= 0.3 is 5.97 Å². The van der Waals surface area contributed by atoms with E-state index in [1.165, 1.54) is 7.11 Å². The number of hydrogen-bond acceptors (Lipinski definition) is 4. The largest absolute Gasteiger partial charge is 0.468 e. The molecule has 0 aliphatic carbocycles. The van der Waals surface area contributed by atoms with Crippen molar-refractivity contribution in [3.05, 3.63) is 0 Å². The molecule has 5 nitrogen and oxygen atoms in total. The van der Waals surface area contributed by atoms with Crippen molar-refractivity contribution in [2.45, 2.75) is 51.6 Å². The van der Waals surface area contributed by atoms with E-state index in [-0.39, 0.29) is 24.5 Å². The summed E-state index contributed by atoms with van der Waals surface area (Å²) in [5.41, 5.74) is -0.488. The topological polar surface area (TPSA) is 58.6 Å². The predicted molar refractivity (Wildman–Crippen MR) is 69.1 cm³/mol. The van der Waals surface area contributed by atoms with E-state index in [0.29, 0.717) is 0 Å². The zero-order valence-corrected chi connectivity index (χ0v) is 11.8. The number of nitrogens with zero attached hydrogens (tertiary/aromatic N) is 1. The maximum absolute atomic E-state index is 12.6. The smallest absolute Gasteiger partial charge is 0.325 e. The Bertz CT molecular complexity index is 309. The van der Waals surface area contributed by atoms with Gasteiger partial charge in [0.1, 0.15) is 6.54 Å². The van der Waals surface area contributed by atoms with Crippen LogP contribution in [0.4, 0.5) is 0 Å². The number of methoxy groups -OCH3 is 1. The third-order valence-corrected chi connectivity index (χ3v) is 3.67. The van der Waals surface area contributed by atoms with Gasteiger partial charge in [-0.3, -0.25) is 9.59 Å². The molecule has 0 bridgehead atoms. The number of rotatable bonds is 5. The number of hydrogen-bond donors (Lipinski definition) is 1. The van der Waals surface area contributed by atoms with E-state index in [1.54, 1.807) is 4.90 Å². The van der Waals surface area contributed by atoms with Crippen molar-refractivity contribution in [2.75, 3.05) is 20.2 Å². The quantitative estimate of drug-likeness (QED) is 0.743. The third kappa shape index (κ3) is 3.02. The van der Waals surface area contributed by atoms with Crippen molar-refractivity contribution in [1.29, 1.82) is 0 Å². The number of amides is 1. The summed E-state index contributed by atoms with van der Waals surface area (Å²) >= 11 is 0. The van der Waals surface area contributed by atoms with E-state index in [2.05, 4.69) is 10.1 Å². The molecule has 1 amide bonds. The summed E-state index contributed by atoms with van der Waals surface area (Å²) in [5, 5.41) is 3.30. The molecule has 0 spiro atoms. The molecule has 1 fully saturated rings. The summed E-state index contributed by atoms with van der Waals surface area (Å²) in [5.74, 6) is -0.357. The number of carbonyl (C=O) groups excluding carboxylic acids is 2. The molecule has 1 atom stereocenters. The van der Waals surface area contributed by atoms with Crippen LogP contribution in [0.25, 0.3) is 0 Å². The lowest BCUT2D eigenvalue weighted by atomic mass is 9.92. The van der Waals surface area contributed by atoms with Crippen molar-refractivity contribution in [1.82, 2.24) is 10.2 Å². The van der Waals surface area contributed by atoms with Crippen LogP contribution in [0.5, 0.6) is 0 Å². The van der Waals surface area contributed by atoms with Gasteiger partial charge in [-0.1, -0.05) is 6.92 Å². The summed E-state index contributed by atoms with van der Waals surface area (Å²) in [6, 6.07) is -0.0116. The number of ether oxygens (including phenoxy) is 1. The van der Waals surface area contributed by atoms with E-state index in [1.807, 2.05) is 20.8 Å². The molecular formula is C13H24N2O3. The number of esters is 1. The molecular weight excluding hydrogens is 232 g/mol. The molecule has 18 heavy (non-hydrogen) atoms. The molecule has 1 N–H and O–H groups in total. The van der Waals surface area contributed by atoms with Crippen LogP contribution in [0, 0.1) is 0 Å². The van der Waals surface area contributed by atoms with Gasteiger partial charge < -0.3 is 15.0 Å². The first kappa shape index (κ1) is 15.0. The highest BCUT2D eigenvalue weighted by molar-refractivity contribution is 5.89. The Morgan fingerprint density at radius 2 is 2.11 bits per heavy atom. The molecule has 0 radical (unpaired) electrons. The third-order valence-electron chi connectivity index (χ3n) is 3.67. The molecule has 1 aliphatic heterocycles. The fourth-order valence-electron chi connectivity index (χ4n) is 2.41. The van der Waals surface area contributed by atoms with Crippen molar-refractivity contribution in [3.8, 4) is 0 Å². The van der Waals surface area contributed by atoms with Gasteiger partial charge in [-0.2, -0.15) is 0 Å². The average molecular weight is 256 g/mol. The molecule has 0 aromatic rings. The molecule has 0 saturated carbocycles. The maximum Gasteiger partial charge on any atom is 0.325 e. The predicted octanol–water partition coefficient (Wildman–Crippen LogP) is 0.929. The van der Waals surface area contributed by atoms with Crippen LogP contribution < -0.4 is 5.32 Å². The van der Waals surface area contributed by atoms with Gasteiger partial charge in [0.05, 0.1) is 12.6 Å². The minimum Gasteiger partial charge on any atom is -0.468 e. The SMILES string of the molecule is CCC1(C(=O)N(CC(=O)OC)C(C)C)CCCN1. The Morgan fingerprint density at radius 1 is 1.44 bits per heavy atom. The monoisotopic (exact) mass is 256 g/mol. The highest BCUT2D eigenvalue weighted by Crippen LogP contribution is 2.26. The van der Waals surface area contributed by atoms with Crippen LogP contribution in [-0.4, -0.2) is 48.6 Å². The molecule has 5 heteroatoms. The highest BCUT2D eigenvalue weighted by atomic mass is 16.5. The fraction of sp³-hybridized carbons (Fsp3) is 0.846. The van der Waals surface area contributed by atoms with Crippen LogP contribution in [-0.2, 0) is 14.3 Å². The van der Waals surface area contributed by atoms with Crippen LogP contribution in [0.1, 0.15) is 40.0 Å². The van der Waals surface area contributed by atoms with E-state index in [4.69, 9.17) is 0 Å².